The van der Waals surface area contributed by atoms with Gasteiger partial charge in [-0.05, 0) is 63.2 Å². The Morgan fingerprint density at radius 3 is 1.86 bits per heavy atom. The van der Waals surface area contributed by atoms with Gasteiger partial charge in [0.2, 0.25) is 0 Å². The Balaban J connectivity index is 1.66. The van der Waals surface area contributed by atoms with E-state index in [2.05, 4.69) is 0 Å². The van der Waals surface area contributed by atoms with Crippen LogP contribution in [0.1, 0.15) is 57.8 Å². The van der Waals surface area contributed by atoms with Crippen LogP contribution in [0.25, 0.3) is 0 Å². The van der Waals surface area contributed by atoms with Gasteiger partial charge in [0, 0.05) is 5.41 Å². The molecule has 1 aliphatic heterocycles. The van der Waals surface area contributed by atoms with Crippen LogP contribution in [0.15, 0.2) is 0 Å². The van der Waals surface area contributed by atoms with Crippen molar-refractivity contribution in [3.63, 3.8) is 0 Å². The lowest BCUT2D eigenvalue weighted by Gasteiger charge is -2.45. The van der Waals surface area contributed by atoms with Crippen LogP contribution in [0.5, 0.6) is 0 Å². The molecule has 5 aliphatic rings. The lowest BCUT2D eigenvalue weighted by Crippen LogP contribution is -2.47. The molecule has 0 unspecified atom stereocenters. The van der Waals surface area contributed by atoms with Crippen LogP contribution in [0, 0.1) is 10.8 Å². The molecule has 0 aromatic rings. The minimum absolute atomic E-state index is 0.418. The van der Waals surface area contributed by atoms with Gasteiger partial charge in [0.1, 0.15) is 0 Å². The van der Waals surface area contributed by atoms with Gasteiger partial charge in [-0.2, -0.15) is 0 Å². The summed E-state index contributed by atoms with van der Waals surface area (Å²) in [5.74, 6) is 0. The first-order valence-corrected chi connectivity index (χ1v) is 6.44. The highest BCUT2D eigenvalue weighted by Crippen LogP contribution is 2.86. The quantitative estimate of drug-likeness (QED) is 0.570. The lowest BCUT2D eigenvalue weighted by molar-refractivity contribution is -0.163. The van der Waals surface area contributed by atoms with Crippen LogP contribution in [0.2, 0.25) is 0 Å². The van der Waals surface area contributed by atoms with Crippen molar-refractivity contribution in [1.29, 1.82) is 0 Å². The highest BCUT2D eigenvalue weighted by molar-refractivity contribution is 5.32. The van der Waals surface area contributed by atoms with Crippen molar-refractivity contribution in [2.24, 2.45) is 10.8 Å². The van der Waals surface area contributed by atoms with Gasteiger partial charge in [-0.1, -0.05) is 0 Å². The van der Waals surface area contributed by atoms with Crippen LogP contribution in [0.3, 0.4) is 0 Å². The molecule has 0 atom stereocenters. The van der Waals surface area contributed by atoms with Crippen molar-refractivity contribution in [2.45, 2.75) is 69.0 Å². The molecule has 14 heavy (non-hydrogen) atoms. The number of ether oxygens (including phenoxy) is 1. The summed E-state index contributed by atoms with van der Waals surface area (Å²) < 4.78 is 6.54. The van der Waals surface area contributed by atoms with Crippen molar-refractivity contribution >= 4 is 0 Å². The largest absolute Gasteiger partial charge is 0.368 e. The molecule has 4 saturated carbocycles. The van der Waals surface area contributed by atoms with Crippen LogP contribution >= 0.6 is 0 Å². The van der Waals surface area contributed by atoms with Crippen molar-refractivity contribution in [3.05, 3.63) is 0 Å². The summed E-state index contributed by atoms with van der Waals surface area (Å²) in [5.41, 5.74) is 2.37. The summed E-state index contributed by atoms with van der Waals surface area (Å²) in [7, 11) is 0. The number of hydrogen-bond donors (Lipinski definition) is 0. The van der Waals surface area contributed by atoms with Gasteiger partial charge in [-0.15, -0.1) is 0 Å². The fourth-order valence-electron chi connectivity index (χ4n) is 4.85. The molecular weight excluding hydrogens is 172 g/mol. The molecule has 0 aromatic heterocycles. The zero-order valence-corrected chi connectivity index (χ0v) is 8.77. The van der Waals surface area contributed by atoms with Gasteiger partial charge in [0.05, 0.1) is 11.2 Å². The topological polar surface area (TPSA) is 9.23 Å². The van der Waals surface area contributed by atoms with E-state index in [1.165, 1.54) is 44.9 Å². The molecule has 5 rings (SSSR count). The highest BCUT2D eigenvalue weighted by Gasteiger charge is 2.83. The zero-order chi connectivity index (χ0) is 9.07. The van der Waals surface area contributed by atoms with Crippen molar-refractivity contribution in [3.8, 4) is 0 Å². The Morgan fingerprint density at radius 1 is 0.714 bits per heavy atom. The third kappa shape index (κ3) is 0.576. The Hall–Kier alpha value is -0.0400. The number of fused-ring (bicyclic) bond motifs is 2. The molecule has 0 amide bonds. The van der Waals surface area contributed by atoms with E-state index in [1.807, 2.05) is 0 Å². The van der Waals surface area contributed by atoms with Gasteiger partial charge in [0.25, 0.3) is 0 Å². The normalized spacial score (nSPS) is 44.6. The van der Waals surface area contributed by atoms with Crippen molar-refractivity contribution in [1.82, 2.24) is 0 Å². The molecule has 4 spiro atoms. The van der Waals surface area contributed by atoms with Crippen molar-refractivity contribution in [2.75, 3.05) is 0 Å². The maximum Gasteiger partial charge on any atom is 0.0753 e. The maximum atomic E-state index is 6.54. The van der Waals surface area contributed by atoms with E-state index in [9.17, 15) is 0 Å². The van der Waals surface area contributed by atoms with E-state index in [4.69, 9.17) is 4.74 Å². The first kappa shape index (κ1) is 7.27. The van der Waals surface area contributed by atoms with Crippen LogP contribution in [0.4, 0.5) is 0 Å². The molecule has 1 nitrogen and oxygen atoms in total. The predicted molar refractivity (Wildman–Crippen MR) is 53.0 cm³/mol. The van der Waals surface area contributed by atoms with E-state index in [0.29, 0.717) is 16.6 Å². The summed E-state index contributed by atoms with van der Waals surface area (Å²) in [5, 5.41) is 0. The van der Waals surface area contributed by atoms with Crippen LogP contribution < -0.4 is 0 Å². The molecule has 0 radical (unpaired) electrons. The SMILES string of the molecule is C1CC12CC1(CC1)C1(CC1)C1(CC1)O2. The third-order valence-corrected chi connectivity index (χ3v) is 6.08. The van der Waals surface area contributed by atoms with E-state index >= 15 is 0 Å². The molecular formula is C13H18O. The summed E-state index contributed by atoms with van der Waals surface area (Å²) in [6, 6.07) is 0. The Bertz CT molecular complexity index is 301. The van der Waals surface area contributed by atoms with E-state index in [-0.39, 0.29) is 0 Å². The minimum atomic E-state index is 0.418. The summed E-state index contributed by atoms with van der Waals surface area (Å²) in [6.07, 6.45) is 13.1. The highest BCUT2D eigenvalue weighted by atomic mass is 16.5. The standard InChI is InChI=1S/C13H18O/c1-2-10(1)9-11(3-4-11)14-13(7-8-13)12(10)5-6-12/h1-9H2. The summed E-state index contributed by atoms with van der Waals surface area (Å²) in [6.45, 7) is 0. The monoisotopic (exact) mass is 190 g/mol. The fourth-order valence-corrected chi connectivity index (χ4v) is 4.85. The molecule has 1 heterocycles. The molecule has 0 bridgehead atoms. The molecule has 1 heteroatoms. The summed E-state index contributed by atoms with van der Waals surface area (Å²) in [4.78, 5) is 0. The minimum Gasteiger partial charge on any atom is -0.368 e. The average Bonchev–Trinajstić information content (AvgIpc) is 3.00. The first-order valence-electron chi connectivity index (χ1n) is 6.44. The Morgan fingerprint density at radius 2 is 1.43 bits per heavy atom. The molecule has 5 fully saturated rings. The van der Waals surface area contributed by atoms with E-state index in [1.54, 1.807) is 12.8 Å². The lowest BCUT2D eigenvalue weighted by atomic mass is 9.72. The fraction of sp³-hybridized carbons (Fsp3) is 1.00. The zero-order valence-electron chi connectivity index (χ0n) is 8.77. The van der Waals surface area contributed by atoms with Crippen LogP contribution in [-0.2, 0) is 4.74 Å². The average molecular weight is 190 g/mol. The van der Waals surface area contributed by atoms with Crippen molar-refractivity contribution < 1.29 is 4.74 Å². The molecule has 4 aliphatic carbocycles. The predicted octanol–water partition coefficient (Wildman–Crippen LogP) is 3.03. The second kappa shape index (κ2) is 1.61. The van der Waals surface area contributed by atoms with Gasteiger partial charge in [-0.25, -0.2) is 0 Å². The number of rotatable bonds is 0. The maximum absolute atomic E-state index is 6.54. The van der Waals surface area contributed by atoms with Gasteiger partial charge in [0.15, 0.2) is 0 Å². The van der Waals surface area contributed by atoms with E-state index in [0.717, 1.165) is 5.41 Å². The van der Waals surface area contributed by atoms with Gasteiger partial charge < -0.3 is 4.74 Å². The molecule has 0 aromatic carbocycles. The Kier molecular flexibility index (Phi) is 0.835. The van der Waals surface area contributed by atoms with Crippen LogP contribution in [-0.4, -0.2) is 11.2 Å². The third-order valence-electron chi connectivity index (χ3n) is 6.08. The first-order chi connectivity index (χ1) is 6.74. The van der Waals surface area contributed by atoms with Gasteiger partial charge >= 0.3 is 0 Å². The molecule has 1 saturated heterocycles. The Labute approximate surface area is 85.2 Å². The smallest absolute Gasteiger partial charge is 0.0753 e. The number of hydrogen-bond acceptors (Lipinski definition) is 1. The molecule has 76 valence electrons. The molecule has 0 N–H and O–H groups in total. The second-order valence-electron chi connectivity index (χ2n) is 6.82. The summed E-state index contributed by atoms with van der Waals surface area (Å²) >= 11 is 0. The van der Waals surface area contributed by atoms with Gasteiger partial charge in [-0.3, -0.25) is 0 Å². The second-order valence-corrected chi connectivity index (χ2v) is 6.82. The van der Waals surface area contributed by atoms with E-state index < -0.39 is 0 Å².